The molecule has 6 heteroatoms. The van der Waals surface area contributed by atoms with E-state index in [0.717, 1.165) is 0 Å². The minimum absolute atomic E-state index is 0.155. The lowest BCUT2D eigenvalue weighted by molar-refractivity contribution is 0.598. The lowest BCUT2D eigenvalue weighted by Crippen LogP contribution is -1.97. The summed E-state index contributed by atoms with van der Waals surface area (Å²) in [5, 5.41) is 0. The highest BCUT2D eigenvalue weighted by atomic mass is 32.2. The summed E-state index contributed by atoms with van der Waals surface area (Å²) in [5.74, 6) is 0. The van der Waals surface area contributed by atoms with Gasteiger partial charge in [-0.2, -0.15) is 12.8 Å². The molecule has 104 valence electrons. The topological polar surface area (TPSA) is 63.6 Å². The van der Waals surface area contributed by atoms with Gasteiger partial charge in [0.2, 0.25) is 0 Å². The number of hydrogen-bond donors (Lipinski definition) is 0. The number of benzene rings is 2. The van der Waals surface area contributed by atoms with E-state index in [1.807, 2.05) is 0 Å². The Morgan fingerprint density at radius 1 is 1.00 bits per heavy atom. The maximum atomic E-state index is 11.9. The number of hydrogen-bond acceptors (Lipinski definition) is 3. The van der Waals surface area contributed by atoms with Gasteiger partial charge < -0.3 is 0 Å². The Bertz CT molecular complexity index is 736. The first-order valence-electron chi connectivity index (χ1n) is 5.78. The summed E-state index contributed by atoms with van der Waals surface area (Å²) in [6.45, 7) is 0. The van der Waals surface area contributed by atoms with Crippen molar-refractivity contribution in [3.8, 4) is 0 Å². The molecule has 0 radical (unpaired) electrons. The third-order valence-electron chi connectivity index (χ3n) is 2.59. The van der Waals surface area contributed by atoms with Crippen LogP contribution >= 0.6 is 0 Å². The summed E-state index contributed by atoms with van der Waals surface area (Å²) in [4.78, 5) is 0.843. The molecule has 0 spiro atoms. The van der Waals surface area contributed by atoms with E-state index in [4.69, 9.17) is 0 Å². The summed E-state index contributed by atoms with van der Waals surface area (Å²) in [5.41, 5.74) is 0.638. The van der Waals surface area contributed by atoms with E-state index in [-0.39, 0.29) is 4.90 Å². The van der Waals surface area contributed by atoms with Crippen LogP contribution in [0.1, 0.15) is 5.56 Å². The zero-order valence-electron chi connectivity index (χ0n) is 10.8. The van der Waals surface area contributed by atoms with E-state index in [1.165, 1.54) is 18.3 Å². The average Bonchev–Trinajstić information content (AvgIpc) is 2.46. The Morgan fingerprint density at radius 3 is 2.15 bits per heavy atom. The summed E-state index contributed by atoms with van der Waals surface area (Å²) < 4.78 is 38.8. The first-order valence-corrected chi connectivity index (χ1v) is 8.78. The van der Waals surface area contributed by atoms with E-state index < -0.39 is 20.8 Å². The molecule has 0 heterocycles. The third kappa shape index (κ3) is 3.61. The molecule has 0 bridgehead atoms. The molecule has 0 aromatic heterocycles. The van der Waals surface area contributed by atoms with Gasteiger partial charge in [-0.25, -0.2) is 0 Å². The van der Waals surface area contributed by atoms with Crippen molar-refractivity contribution in [3.05, 3.63) is 60.2 Å². The molecular weight excluding hydrogens is 294 g/mol. The normalized spacial score (nSPS) is 13.4. The molecule has 2 rings (SSSR count). The Morgan fingerprint density at radius 2 is 1.60 bits per heavy atom. The maximum Gasteiger partial charge on any atom is 0.282 e. The Balaban J connectivity index is 2.23. The van der Waals surface area contributed by atoms with Crippen LogP contribution in [0.25, 0.3) is 0 Å². The van der Waals surface area contributed by atoms with Gasteiger partial charge in [-0.15, -0.1) is 0 Å². The van der Waals surface area contributed by atoms with Crippen LogP contribution in [0, 0.1) is 0 Å². The van der Waals surface area contributed by atoms with E-state index in [9.17, 15) is 12.6 Å². The lowest BCUT2D eigenvalue weighted by atomic mass is 10.2. The van der Waals surface area contributed by atoms with Crippen LogP contribution in [-0.2, 0) is 20.8 Å². The quantitative estimate of drug-likeness (QED) is 0.814. The second-order valence-corrected chi connectivity index (χ2v) is 7.06. The standard InChI is InChI=1S/C14H13NO3S2/c1-19(16)13-9-7-12(8-10-13)11-15-20(17,18)14-5-3-2-4-6-14/h2-11H,1H3. The number of sulfonamides is 1. The number of rotatable bonds is 4. The van der Waals surface area contributed by atoms with Gasteiger partial charge in [-0.3, -0.25) is 4.21 Å². The Hall–Kier alpha value is -1.79. The van der Waals surface area contributed by atoms with Crippen LogP contribution in [-0.4, -0.2) is 25.1 Å². The Kier molecular flexibility index (Phi) is 4.46. The minimum Gasteiger partial charge on any atom is -0.255 e. The minimum atomic E-state index is -3.68. The molecule has 0 fully saturated rings. The molecule has 2 aromatic carbocycles. The van der Waals surface area contributed by atoms with Crippen LogP contribution in [0.4, 0.5) is 0 Å². The summed E-state index contributed by atoms with van der Waals surface area (Å²) in [7, 11) is -4.73. The number of nitrogens with zero attached hydrogens (tertiary/aromatic N) is 1. The predicted molar refractivity (Wildman–Crippen MR) is 80.0 cm³/mol. The molecule has 0 aliphatic heterocycles. The molecule has 1 atom stereocenters. The van der Waals surface area contributed by atoms with Gasteiger partial charge in [0.15, 0.2) is 0 Å². The largest absolute Gasteiger partial charge is 0.282 e. The van der Waals surface area contributed by atoms with Gasteiger partial charge in [0.25, 0.3) is 10.0 Å². The second-order valence-electron chi connectivity index (χ2n) is 4.05. The van der Waals surface area contributed by atoms with Gasteiger partial charge in [0.05, 0.1) is 4.90 Å². The summed E-state index contributed by atoms with van der Waals surface area (Å²) in [6, 6.07) is 14.8. The molecule has 0 saturated heterocycles. The average molecular weight is 307 g/mol. The molecule has 20 heavy (non-hydrogen) atoms. The van der Waals surface area contributed by atoms with Crippen molar-refractivity contribution >= 4 is 27.0 Å². The van der Waals surface area contributed by atoms with Crippen molar-refractivity contribution in [3.63, 3.8) is 0 Å². The zero-order chi connectivity index (χ0) is 14.6. The van der Waals surface area contributed by atoms with Crippen molar-refractivity contribution in [2.75, 3.05) is 6.26 Å². The van der Waals surface area contributed by atoms with Crippen LogP contribution in [0.3, 0.4) is 0 Å². The fourth-order valence-corrected chi connectivity index (χ4v) is 2.93. The van der Waals surface area contributed by atoms with Crippen LogP contribution in [0.5, 0.6) is 0 Å². The molecule has 0 aliphatic carbocycles. The lowest BCUT2D eigenvalue weighted by Gasteiger charge is -1.99. The van der Waals surface area contributed by atoms with Gasteiger partial charge in [-0.05, 0) is 29.8 Å². The highest BCUT2D eigenvalue weighted by Gasteiger charge is 2.10. The van der Waals surface area contributed by atoms with Crippen molar-refractivity contribution in [2.45, 2.75) is 9.79 Å². The molecule has 4 nitrogen and oxygen atoms in total. The second kappa shape index (κ2) is 6.11. The summed E-state index contributed by atoms with van der Waals surface area (Å²) in [6.07, 6.45) is 2.87. The van der Waals surface area contributed by atoms with E-state index in [1.54, 1.807) is 48.7 Å². The Labute approximate surface area is 120 Å². The fourth-order valence-electron chi connectivity index (χ4n) is 1.53. The molecular formula is C14H13NO3S2. The van der Waals surface area contributed by atoms with E-state index in [0.29, 0.717) is 10.5 Å². The molecule has 0 amide bonds. The van der Waals surface area contributed by atoms with E-state index >= 15 is 0 Å². The first kappa shape index (κ1) is 14.6. The first-order chi connectivity index (χ1) is 9.49. The highest BCUT2D eigenvalue weighted by molar-refractivity contribution is 7.90. The van der Waals surface area contributed by atoms with Crippen molar-refractivity contribution in [1.82, 2.24) is 0 Å². The third-order valence-corrected chi connectivity index (χ3v) is 4.78. The molecule has 0 saturated carbocycles. The highest BCUT2D eigenvalue weighted by Crippen LogP contribution is 2.12. The van der Waals surface area contributed by atoms with E-state index in [2.05, 4.69) is 4.40 Å². The molecule has 0 aliphatic rings. The van der Waals surface area contributed by atoms with Crippen molar-refractivity contribution in [2.24, 2.45) is 4.40 Å². The van der Waals surface area contributed by atoms with Gasteiger partial charge in [0.1, 0.15) is 0 Å². The van der Waals surface area contributed by atoms with Crippen molar-refractivity contribution < 1.29 is 12.6 Å². The van der Waals surface area contributed by atoms with Gasteiger partial charge in [0, 0.05) is 28.2 Å². The maximum absolute atomic E-state index is 11.9. The van der Waals surface area contributed by atoms with Gasteiger partial charge in [-0.1, -0.05) is 30.3 Å². The fraction of sp³-hybridized carbons (Fsp3) is 0.0714. The smallest absolute Gasteiger partial charge is 0.255 e. The zero-order valence-corrected chi connectivity index (χ0v) is 12.4. The van der Waals surface area contributed by atoms with Gasteiger partial charge >= 0.3 is 0 Å². The monoisotopic (exact) mass is 307 g/mol. The molecule has 0 N–H and O–H groups in total. The predicted octanol–water partition coefficient (Wildman–Crippen LogP) is 2.23. The van der Waals surface area contributed by atoms with Crippen LogP contribution < -0.4 is 0 Å². The van der Waals surface area contributed by atoms with Crippen LogP contribution in [0.2, 0.25) is 0 Å². The van der Waals surface area contributed by atoms with Crippen molar-refractivity contribution in [1.29, 1.82) is 0 Å². The summed E-state index contributed by atoms with van der Waals surface area (Å²) >= 11 is 0. The molecule has 1 unspecified atom stereocenters. The van der Waals surface area contributed by atoms with Crippen LogP contribution in [0.15, 0.2) is 68.8 Å². The SMILES string of the molecule is CS(=O)c1ccc(C=NS(=O)(=O)c2ccccc2)cc1. The molecule has 2 aromatic rings.